The van der Waals surface area contributed by atoms with Crippen LogP contribution < -0.4 is 0 Å². The normalized spacial score (nSPS) is 8.73. The topological polar surface area (TPSA) is 36.7 Å². The molecule has 1 rings (SSSR count). The van der Waals surface area contributed by atoms with Crippen LogP contribution in [0, 0.1) is 18.3 Å². The number of aromatic nitrogens is 1. The van der Waals surface area contributed by atoms with Gasteiger partial charge in [-0.15, -0.1) is 0 Å². The van der Waals surface area contributed by atoms with E-state index in [1.165, 1.54) is 0 Å². The highest BCUT2D eigenvalue weighted by Crippen LogP contribution is 2.04. The second kappa shape index (κ2) is 2.98. The monoisotopic (exact) mass is 144 g/mol. The van der Waals surface area contributed by atoms with Crippen LogP contribution in [0.5, 0.6) is 0 Å². The van der Waals surface area contributed by atoms with Crippen molar-refractivity contribution in [2.75, 3.05) is 0 Å². The lowest BCUT2D eigenvalue weighted by atomic mass is 10.2. The Morgan fingerprint density at radius 2 is 2.36 bits per heavy atom. The van der Waals surface area contributed by atoms with E-state index in [-0.39, 0.29) is 0 Å². The lowest BCUT2D eigenvalue weighted by molar-refractivity contribution is 1.17. The second-order valence-corrected chi connectivity index (χ2v) is 2.24. The Kier molecular flexibility index (Phi) is 2.03. The lowest BCUT2D eigenvalue weighted by Crippen LogP contribution is -1.87. The summed E-state index contributed by atoms with van der Waals surface area (Å²) in [7, 11) is 0. The summed E-state index contributed by atoms with van der Waals surface area (Å²) in [5, 5.41) is 8.57. The maximum Gasteiger partial charge on any atom is 0.0993 e. The minimum absolute atomic E-state index is 0.632. The van der Waals surface area contributed by atoms with E-state index in [4.69, 9.17) is 5.26 Å². The van der Waals surface area contributed by atoms with Crippen LogP contribution in [0.2, 0.25) is 0 Å². The second-order valence-electron chi connectivity index (χ2n) is 2.24. The summed E-state index contributed by atoms with van der Waals surface area (Å²) >= 11 is 0. The van der Waals surface area contributed by atoms with Gasteiger partial charge >= 0.3 is 0 Å². The molecule has 0 saturated carbocycles. The van der Waals surface area contributed by atoms with Crippen molar-refractivity contribution in [1.82, 2.24) is 4.98 Å². The first-order valence-corrected chi connectivity index (χ1v) is 3.27. The average Bonchev–Trinajstić information content (AvgIpc) is 2.03. The van der Waals surface area contributed by atoms with Crippen LogP contribution in [0.25, 0.3) is 6.08 Å². The Bertz CT molecular complexity index is 321. The van der Waals surface area contributed by atoms with Gasteiger partial charge in [0.25, 0.3) is 0 Å². The van der Waals surface area contributed by atoms with Crippen LogP contribution in [-0.4, -0.2) is 4.98 Å². The predicted octanol–water partition coefficient (Wildman–Crippen LogP) is 1.90. The molecule has 0 aliphatic rings. The zero-order valence-corrected chi connectivity index (χ0v) is 6.33. The molecule has 0 radical (unpaired) electrons. The molecule has 0 atom stereocenters. The van der Waals surface area contributed by atoms with Crippen molar-refractivity contribution in [2.45, 2.75) is 6.92 Å². The summed E-state index contributed by atoms with van der Waals surface area (Å²) in [6.07, 6.45) is 1.63. The van der Waals surface area contributed by atoms with Gasteiger partial charge in [-0.3, -0.25) is 4.98 Å². The van der Waals surface area contributed by atoms with Crippen molar-refractivity contribution in [3.8, 4) is 6.07 Å². The van der Waals surface area contributed by atoms with Crippen LogP contribution >= 0.6 is 0 Å². The number of aryl methyl sites for hydroxylation is 1. The first-order chi connectivity index (χ1) is 5.26. The van der Waals surface area contributed by atoms with Crippen LogP contribution in [0.1, 0.15) is 17.0 Å². The number of hydrogen-bond donors (Lipinski definition) is 0. The Hall–Kier alpha value is -1.62. The summed E-state index contributed by atoms with van der Waals surface area (Å²) in [6, 6.07) is 5.51. The molecule has 1 heterocycles. The average molecular weight is 144 g/mol. The van der Waals surface area contributed by atoms with Gasteiger partial charge in [0.05, 0.1) is 17.3 Å². The van der Waals surface area contributed by atoms with E-state index >= 15 is 0 Å². The van der Waals surface area contributed by atoms with Gasteiger partial charge < -0.3 is 0 Å². The van der Waals surface area contributed by atoms with E-state index in [0.717, 1.165) is 11.4 Å². The highest BCUT2D eigenvalue weighted by atomic mass is 14.7. The zero-order valence-electron chi connectivity index (χ0n) is 6.33. The third-order valence-corrected chi connectivity index (χ3v) is 1.31. The number of rotatable bonds is 1. The fourth-order valence-electron chi connectivity index (χ4n) is 0.863. The minimum atomic E-state index is 0.632. The number of pyridine rings is 1. The van der Waals surface area contributed by atoms with E-state index in [2.05, 4.69) is 17.6 Å². The van der Waals surface area contributed by atoms with Crippen LogP contribution in [0.4, 0.5) is 0 Å². The molecule has 1 aromatic heterocycles. The summed E-state index contributed by atoms with van der Waals surface area (Å²) in [5.41, 5.74) is 2.23. The Morgan fingerprint density at radius 1 is 1.64 bits per heavy atom. The van der Waals surface area contributed by atoms with Crippen molar-refractivity contribution in [1.29, 1.82) is 5.26 Å². The molecule has 0 unspecified atom stereocenters. The van der Waals surface area contributed by atoms with E-state index in [0.29, 0.717) is 5.56 Å². The molecule has 11 heavy (non-hydrogen) atoms. The van der Waals surface area contributed by atoms with E-state index in [1.807, 2.05) is 6.92 Å². The molecule has 0 bridgehead atoms. The van der Waals surface area contributed by atoms with Crippen molar-refractivity contribution < 1.29 is 0 Å². The largest absolute Gasteiger partial charge is 0.254 e. The van der Waals surface area contributed by atoms with Gasteiger partial charge in [0.1, 0.15) is 0 Å². The third kappa shape index (κ3) is 1.65. The van der Waals surface area contributed by atoms with Gasteiger partial charge in [-0.25, -0.2) is 0 Å². The van der Waals surface area contributed by atoms with E-state index in [9.17, 15) is 0 Å². The molecule has 0 N–H and O–H groups in total. The minimum Gasteiger partial charge on any atom is -0.254 e. The molecular formula is C9H8N2. The van der Waals surface area contributed by atoms with Gasteiger partial charge in [0, 0.05) is 5.69 Å². The highest BCUT2D eigenvalue weighted by molar-refractivity contribution is 5.46. The van der Waals surface area contributed by atoms with E-state index in [1.54, 1.807) is 18.2 Å². The molecule has 2 heteroatoms. The molecular weight excluding hydrogens is 136 g/mol. The van der Waals surface area contributed by atoms with E-state index < -0.39 is 0 Å². The molecule has 1 aromatic rings. The van der Waals surface area contributed by atoms with Crippen LogP contribution in [0.3, 0.4) is 0 Å². The molecule has 0 aromatic carbocycles. The first kappa shape index (κ1) is 7.49. The van der Waals surface area contributed by atoms with Crippen molar-refractivity contribution in [2.24, 2.45) is 0 Å². The summed E-state index contributed by atoms with van der Waals surface area (Å²) in [4.78, 5) is 4.13. The Labute approximate surface area is 65.8 Å². The Morgan fingerprint density at radius 3 is 2.91 bits per heavy atom. The fraction of sp³-hybridized carbons (Fsp3) is 0.111. The zero-order chi connectivity index (χ0) is 8.27. The third-order valence-electron chi connectivity index (χ3n) is 1.31. The van der Waals surface area contributed by atoms with Crippen LogP contribution in [0.15, 0.2) is 18.7 Å². The molecule has 2 nitrogen and oxygen atoms in total. The Balaban J connectivity index is 3.25. The number of nitrogens with zero attached hydrogens (tertiary/aromatic N) is 2. The molecule has 0 fully saturated rings. The van der Waals surface area contributed by atoms with Gasteiger partial charge in [0.15, 0.2) is 0 Å². The standard InChI is InChI=1S/C9H8N2/c1-3-9-5-8(6-10)4-7(2)11-9/h3-5H,1H2,2H3. The SMILES string of the molecule is C=Cc1cc(C#N)cc(C)n1. The quantitative estimate of drug-likeness (QED) is 0.603. The molecule has 54 valence electrons. The predicted molar refractivity (Wildman–Crippen MR) is 43.8 cm³/mol. The maximum absolute atomic E-state index is 8.57. The summed E-state index contributed by atoms with van der Waals surface area (Å²) in [5.74, 6) is 0. The van der Waals surface area contributed by atoms with Crippen molar-refractivity contribution >= 4 is 6.08 Å². The van der Waals surface area contributed by atoms with Crippen LogP contribution in [-0.2, 0) is 0 Å². The number of hydrogen-bond acceptors (Lipinski definition) is 2. The highest BCUT2D eigenvalue weighted by Gasteiger charge is 1.94. The van der Waals surface area contributed by atoms with Gasteiger partial charge in [-0.2, -0.15) is 5.26 Å². The smallest absolute Gasteiger partial charge is 0.0993 e. The maximum atomic E-state index is 8.57. The van der Waals surface area contributed by atoms with Crippen molar-refractivity contribution in [3.63, 3.8) is 0 Å². The number of nitriles is 1. The summed E-state index contributed by atoms with van der Waals surface area (Å²) < 4.78 is 0. The molecule has 0 spiro atoms. The first-order valence-electron chi connectivity index (χ1n) is 3.27. The fourth-order valence-corrected chi connectivity index (χ4v) is 0.863. The molecule has 0 aliphatic heterocycles. The summed E-state index contributed by atoms with van der Waals surface area (Å²) in [6.45, 7) is 5.43. The van der Waals surface area contributed by atoms with Gasteiger partial charge in [-0.1, -0.05) is 6.58 Å². The molecule has 0 saturated heterocycles. The molecule has 0 amide bonds. The van der Waals surface area contributed by atoms with Crippen molar-refractivity contribution in [3.05, 3.63) is 35.7 Å². The molecule has 0 aliphatic carbocycles. The van der Waals surface area contributed by atoms with Gasteiger partial charge in [0.2, 0.25) is 0 Å². The van der Waals surface area contributed by atoms with Gasteiger partial charge in [-0.05, 0) is 25.1 Å². The lowest BCUT2D eigenvalue weighted by Gasteiger charge is -1.95.